The molecule has 0 saturated heterocycles. The van der Waals surface area contributed by atoms with Crippen LogP contribution in [-0.2, 0) is 6.42 Å². The van der Waals surface area contributed by atoms with Crippen LogP contribution in [0.15, 0.2) is 24.3 Å². The molecule has 1 aromatic heterocycles. The summed E-state index contributed by atoms with van der Waals surface area (Å²) < 4.78 is 5.74. The van der Waals surface area contributed by atoms with Gasteiger partial charge in [0.15, 0.2) is 0 Å². The topological polar surface area (TPSA) is 47.0 Å². The molecule has 4 nitrogen and oxygen atoms in total. The van der Waals surface area contributed by atoms with Crippen molar-refractivity contribution in [3.63, 3.8) is 0 Å². The lowest BCUT2D eigenvalue weighted by Crippen LogP contribution is -2.17. The van der Waals surface area contributed by atoms with E-state index in [4.69, 9.17) is 4.74 Å². The molecule has 0 amide bonds. The molecule has 21 heavy (non-hydrogen) atoms. The first-order chi connectivity index (χ1) is 10.4. The number of aromatic nitrogens is 2. The molecule has 2 aromatic rings. The Morgan fingerprint density at radius 2 is 2.14 bits per heavy atom. The van der Waals surface area contributed by atoms with Crippen LogP contribution in [0.25, 0.3) is 0 Å². The van der Waals surface area contributed by atoms with Crippen LogP contribution < -0.4 is 10.1 Å². The largest absolute Gasteiger partial charge is 0.492 e. The van der Waals surface area contributed by atoms with Gasteiger partial charge in [0.1, 0.15) is 22.4 Å². The molecular weight excluding hydrogens is 282 g/mol. The third kappa shape index (κ3) is 2.94. The van der Waals surface area contributed by atoms with Crippen LogP contribution in [0.3, 0.4) is 0 Å². The van der Waals surface area contributed by atoms with E-state index in [-0.39, 0.29) is 5.92 Å². The van der Waals surface area contributed by atoms with E-state index in [1.54, 1.807) is 11.3 Å². The third-order valence-corrected chi connectivity index (χ3v) is 5.15. The van der Waals surface area contributed by atoms with Crippen molar-refractivity contribution in [1.29, 1.82) is 0 Å². The molecule has 0 spiro atoms. The first kappa shape index (κ1) is 13.2. The molecule has 1 aromatic carbocycles. The van der Waals surface area contributed by atoms with Gasteiger partial charge < -0.3 is 10.1 Å². The van der Waals surface area contributed by atoms with E-state index in [2.05, 4.69) is 27.6 Å². The van der Waals surface area contributed by atoms with Gasteiger partial charge >= 0.3 is 0 Å². The van der Waals surface area contributed by atoms with Crippen molar-refractivity contribution in [2.24, 2.45) is 0 Å². The van der Waals surface area contributed by atoms with Crippen molar-refractivity contribution < 1.29 is 4.74 Å². The molecule has 1 N–H and O–H groups in total. The van der Waals surface area contributed by atoms with Crippen LogP contribution in [0.2, 0.25) is 0 Å². The second kappa shape index (κ2) is 5.73. The summed E-state index contributed by atoms with van der Waals surface area (Å²) in [6, 6.07) is 9.03. The van der Waals surface area contributed by atoms with E-state index < -0.39 is 0 Å². The van der Waals surface area contributed by atoms with Gasteiger partial charge in [-0.2, -0.15) is 0 Å². The average Bonchev–Trinajstić information content (AvgIpc) is 3.06. The fourth-order valence-corrected chi connectivity index (χ4v) is 3.70. The minimum Gasteiger partial charge on any atom is -0.492 e. The van der Waals surface area contributed by atoms with Gasteiger partial charge in [0.2, 0.25) is 0 Å². The van der Waals surface area contributed by atoms with Crippen molar-refractivity contribution >= 4 is 11.3 Å². The minimum absolute atomic E-state index is 0.261. The zero-order valence-electron chi connectivity index (χ0n) is 11.9. The van der Waals surface area contributed by atoms with Gasteiger partial charge in [-0.05, 0) is 31.9 Å². The van der Waals surface area contributed by atoms with E-state index in [1.807, 2.05) is 12.1 Å². The summed E-state index contributed by atoms with van der Waals surface area (Å²) in [5.74, 6) is 1.25. The van der Waals surface area contributed by atoms with E-state index in [0.717, 1.165) is 41.2 Å². The standard InChI is InChI=1S/C16H19N3OS/c1-2-5-14-12(4-1)13(10-20-14)16-19-18-15(21-16)6-3-9-17-11-7-8-11/h1-2,4-5,11,13,17H,3,6-10H2. The maximum Gasteiger partial charge on any atom is 0.128 e. The van der Waals surface area contributed by atoms with Gasteiger partial charge in [0.25, 0.3) is 0 Å². The van der Waals surface area contributed by atoms with Gasteiger partial charge in [0.05, 0.1) is 5.92 Å². The van der Waals surface area contributed by atoms with Crippen molar-refractivity contribution in [2.75, 3.05) is 13.2 Å². The molecule has 1 fully saturated rings. The molecule has 0 radical (unpaired) electrons. The molecule has 1 aliphatic carbocycles. The summed E-state index contributed by atoms with van der Waals surface area (Å²) >= 11 is 1.74. The Labute approximate surface area is 128 Å². The summed E-state index contributed by atoms with van der Waals surface area (Å²) in [5, 5.41) is 14.5. The molecule has 2 heterocycles. The minimum atomic E-state index is 0.261. The Balaban J connectivity index is 1.38. The molecule has 2 aliphatic rings. The Morgan fingerprint density at radius 3 is 3.05 bits per heavy atom. The number of para-hydroxylation sites is 1. The van der Waals surface area contributed by atoms with Gasteiger partial charge in [-0.15, -0.1) is 21.5 Å². The summed E-state index contributed by atoms with van der Waals surface area (Å²) in [5.41, 5.74) is 1.25. The average molecular weight is 301 g/mol. The number of nitrogens with zero attached hydrogens (tertiary/aromatic N) is 2. The SMILES string of the molecule is c1ccc2c(c1)OCC2c1nnc(CCCNC2CC2)s1. The lowest BCUT2D eigenvalue weighted by Gasteiger charge is -2.02. The van der Waals surface area contributed by atoms with Crippen LogP contribution in [0.1, 0.15) is 40.8 Å². The van der Waals surface area contributed by atoms with Crippen LogP contribution in [0, 0.1) is 0 Å². The fraction of sp³-hybridized carbons (Fsp3) is 0.500. The first-order valence-corrected chi connectivity index (χ1v) is 8.49. The molecule has 5 heteroatoms. The third-order valence-electron chi connectivity index (χ3n) is 4.06. The molecule has 4 rings (SSSR count). The number of fused-ring (bicyclic) bond motifs is 1. The molecular formula is C16H19N3OS. The second-order valence-corrected chi connectivity index (χ2v) is 6.86. The highest BCUT2D eigenvalue weighted by Gasteiger charge is 2.28. The maximum atomic E-state index is 5.74. The zero-order chi connectivity index (χ0) is 14.1. The van der Waals surface area contributed by atoms with Crippen molar-refractivity contribution in [3.8, 4) is 5.75 Å². The lowest BCUT2D eigenvalue weighted by molar-refractivity contribution is 0.342. The molecule has 1 saturated carbocycles. The number of benzene rings is 1. The predicted octanol–water partition coefficient (Wildman–Crippen LogP) is 2.75. The van der Waals surface area contributed by atoms with E-state index in [9.17, 15) is 0 Å². The molecule has 1 aliphatic heterocycles. The van der Waals surface area contributed by atoms with Gasteiger partial charge in [-0.25, -0.2) is 0 Å². The van der Waals surface area contributed by atoms with Crippen LogP contribution in [-0.4, -0.2) is 29.4 Å². The van der Waals surface area contributed by atoms with Crippen molar-refractivity contribution in [2.45, 2.75) is 37.6 Å². The second-order valence-electron chi connectivity index (χ2n) is 5.77. The predicted molar refractivity (Wildman–Crippen MR) is 83.0 cm³/mol. The molecule has 1 unspecified atom stereocenters. The number of aryl methyl sites for hydroxylation is 1. The van der Waals surface area contributed by atoms with Gasteiger partial charge in [-0.3, -0.25) is 0 Å². The van der Waals surface area contributed by atoms with Crippen molar-refractivity contribution in [1.82, 2.24) is 15.5 Å². The summed E-state index contributed by atoms with van der Waals surface area (Å²) in [4.78, 5) is 0. The van der Waals surface area contributed by atoms with E-state index in [0.29, 0.717) is 6.61 Å². The summed E-state index contributed by atoms with van der Waals surface area (Å²) in [6.07, 6.45) is 4.86. The summed E-state index contributed by atoms with van der Waals surface area (Å²) in [6.45, 7) is 1.78. The van der Waals surface area contributed by atoms with Crippen LogP contribution in [0.5, 0.6) is 5.75 Å². The highest BCUT2D eigenvalue weighted by molar-refractivity contribution is 7.11. The Bertz CT molecular complexity index is 623. The van der Waals surface area contributed by atoms with E-state index in [1.165, 1.54) is 18.4 Å². The summed E-state index contributed by atoms with van der Waals surface area (Å²) in [7, 11) is 0. The Kier molecular flexibility index (Phi) is 3.61. The molecule has 110 valence electrons. The lowest BCUT2D eigenvalue weighted by atomic mass is 10.0. The highest BCUT2D eigenvalue weighted by atomic mass is 32.1. The number of hydrogen-bond donors (Lipinski definition) is 1. The van der Waals surface area contributed by atoms with Crippen LogP contribution in [0.4, 0.5) is 0 Å². The quantitative estimate of drug-likeness (QED) is 0.833. The number of hydrogen-bond acceptors (Lipinski definition) is 5. The monoisotopic (exact) mass is 301 g/mol. The zero-order valence-corrected chi connectivity index (χ0v) is 12.7. The van der Waals surface area contributed by atoms with Gasteiger partial charge in [0, 0.05) is 18.0 Å². The highest BCUT2D eigenvalue weighted by Crippen LogP contribution is 2.38. The smallest absolute Gasteiger partial charge is 0.128 e. The number of ether oxygens (including phenoxy) is 1. The first-order valence-electron chi connectivity index (χ1n) is 7.67. The maximum absolute atomic E-state index is 5.74. The van der Waals surface area contributed by atoms with Crippen molar-refractivity contribution in [3.05, 3.63) is 39.8 Å². The molecule has 1 atom stereocenters. The Morgan fingerprint density at radius 1 is 1.24 bits per heavy atom. The Hall–Kier alpha value is -1.46. The van der Waals surface area contributed by atoms with Gasteiger partial charge in [-0.1, -0.05) is 18.2 Å². The number of rotatable bonds is 6. The molecule has 0 bridgehead atoms. The normalized spacial score (nSPS) is 20.3. The number of nitrogens with one attached hydrogen (secondary N) is 1. The van der Waals surface area contributed by atoms with E-state index >= 15 is 0 Å². The van der Waals surface area contributed by atoms with Crippen LogP contribution >= 0.6 is 11.3 Å². The fourth-order valence-electron chi connectivity index (χ4n) is 2.71.